The van der Waals surface area contributed by atoms with Crippen molar-refractivity contribution in [2.24, 2.45) is 5.41 Å². The summed E-state index contributed by atoms with van der Waals surface area (Å²) in [5.74, 6) is 0.808. The molecule has 0 saturated carbocycles. The number of carbonyl (C=O) groups is 1. The Morgan fingerprint density at radius 3 is 2.95 bits per heavy atom. The van der Waals surface area contributed by atoms with Crippen molar-refractivity contribution in [3.05, 3.63) is 34.4 Å². The third kappa shape index (κ3) is 2.38. The zero-order chi connectivity index (χ0) is 15.0. The van der Waals surface area contributed by atoms with E-state index in [1.165, 1.54) is 0 Å². The van der Waals surface area contributed by atoms with Crippen molar-refractivity contribution in [1.29, 1.82) is 0 Å². The minimum absolute atomic E-state index is 0.0992. The molecule has 2 aliphatic rings. The Kier molecular flexibility index (Phi) is 3.78. The molecular weight excluding hydrogens is 291 g/mol. The molecular formula is C17H18ClFO2. The van der Waals surface area contributed by atoms with Gasteiger partial charge < -0.3 is 4.74 Å². The Morgan fingerprint density at radius 1 is 1.43 bits per heavy atom. The SMILES string of the molecule is COc1cc2c(cc1Cl)C1=CC(=O)CC[C@@]1(CCCF)C2. The number of ketones is 1. The summed E-state index contributed by atoms with van der Waals surface area (Å²) in [7, 11) is 1.59. The van der Waals surface area contributed by atoms with Crippen LogP contribution < -0.4 is 4.74 Å². The van der Waals surface area contributed by atoms with E-state index in [1.54, 1.807) is 13.2 Å². The summed E-state index contributed by atoms with van der Waals surface area (Å²) in [4.78, 5) is 11.8. The van der Waals surface area contributed by atoms with E-state index in [1.807, 2.05) is 12.1 Å². The molecule has 21 heavy (non-hydrogen) atoms. The van der Waals surface area contributed by atoms with Crippen LogP contribution in [0.15, 0.2) is 18.2 Å². The highest BCUT2D eigenvalue weighted by atomic mass is 35.5. The number of hydrogen-bond donors (Lipinski definition) is 0. The van der Waals surface area contributed by atoms with Gasteiger partial charge in [-0.05, 0) is 60.6 Å². The van der Waals surface area contributed by atoms with Crippen LogP contribution in [-0.4, -0.2) is 19.6 Å². The predicted molar refractivity (Wildman–Crippen MR) is 81.6 cm³/mol. The van der Waals surface area contributed by atoms with Crippen LogP contribution in [0.2, 0.25) is 5.02 Å². The summed E-state index contributed by atoms with van der Waals surface area (Å²) in [5, 5.41) is 0.552. The lowest BCUT2D eigenvalue weighted by Gasteiger charge is -2.33. The van der Waals surface area contributed by atoms with Gasteiger partial charge in [-0.1, -0.05) is 11.6 Å². The highest BCUT2D eigenvalue weighted by Crippen LogP contribution is 2.55. The van der Waals surface area contributed by atoms with Crippen LogP contribution in [0, 0.1) is 5.41 Å². The van der Waals surface area contributed by atoms with Crippen LogP contribution in [0.1, 0.15) is 36.8 Å². The van der Waals surface area contributed by atoms with Gasteiger partial charge in [-0.3, -0.25) is 9.18 Å². The van der Waals surface area contributed by atoms with E-state index in [0.717, 1.165) is 36.0 Å². The molecule has 0 aliphatic heterocycles. The molecule has 3 rings (SSSR count). The molecule has 0 amide bonds. The van der Waals surface area contributed by atoms with E-state index in [2.05, 4.69) is 0 Å². The first-order valence-corrected chi connectivity index (χ1v) is 7.65. The summed E-state index contributed by atoms with van der Waals surface area (Å²) in [6.45, 7) is -0.316. The fourth-order valence-electron chi connectivity index (χ4n) is 3.70. The van der Waals surface area contributed by atoms with Crippen LogP contribution in [0.4, 0.5) is 4.39 Å². The number of halogens is 2. The van der Waals surface area contributed by atoms with E-state index in [0.29, 0.717) is 23.6 Å². The minimum Gasteiger partial charge on any atom is -0.495 e. The molecule has 0 aromatic heterocycles. The van der Waals surface area contributed by atoms with Crippen molar-refractivity contribution in [1.82, 2.24) is 0 Å². The number of benzene rings is 1. The van der Waals surface area contributed by atoms with Gasteiger partial charge in [0.15, 0.2) is 5.78 Å². The monoisotopic (exact) mass is 308 g/mol. The zero-order valence-corrected chi connectivity index (χ0v) is 12.8. The highest BCUT2D eigenvalue weighted by molar-refractivity contribution is 6.32. The molecule has 0 spiro atoms. The number of fused-ring (bicyclic) bond motifs is 3. The molecule has 0 heterocycles. The van der Waals surface area contributed by atoms with Crippen molar-refractivity contribution in [3.63, 3.8) is 0 Å². The molecule has 0 N–H and O–H groups in total. The average Bonchev–Trinajstić information content (AvgIpc) is 2.78. The lowest BCUT2D eigenvalue weighted by molar-refractivity contribution is -0.115. The third-order valence-corrected chi connectivity index (χ3v) is 5.01. The van der Waals surface area contributed by atoms with Gasteiger partial charge in [0.05, 0.1) is 18.8 Å². The Morgan fingerprint density at radius 2 is 2.24 bits per heavy atom. The van der Waals surface area contributed by atoms with Gasteiger partial charge in [0.2, 0.25) is 0 Å². The molecule has 0 fully saturated rings. The van der Waals surface area contributed by atoms with Crippen LogP contribution in [0.5, 0.6) is 5.75 Å². The first-order chi connectivity index (χ1) is 10.1. The van der Waals surface area contributed by atoms with Gasteiger partial charge in [-0.15, -0.1) is 0 Å². The molecule has 1 aromatic carbocycles. The normalized spacial score (nSPS) is 23.6. The van der Waals surface area contributed by atoms with E-state index in [4.69, 9.17) is 16.3 Å². The molecule has 0 unspecified atom stereocenters. The second kappa shape index (κ2) is 5.45. The molecule has 1 atom stereocenters. The number of ether oxygens (including phenoxy) is 1. The summed E-state index contributed by atoms with van der Waals surface area (Å²) < 4.78 is 17.9. The molecule has 0 saturated heterocycles. The molecule has 4 heteroatoms. The minimum atomic E-state index is -0.316. The largest absolute Gasteiger partial charge is 0.495 e. The lowest BCUT2D eigenvalue weighted by atomic mass is 9.70. The Hall–Kier alpha value is -1.35. The van der Waals surface area contributed by atoms with Gasteiger partial charge in [-0.2, -0.15) is 0 Å². The van der Waals surface area contributed by atoms with Crippen LogP contribution in [-0.2, 0) is 11.2 Å². The first kappa shape index (κ1) is 14.6. The third-order valence-electron chi connectivity index (χ3n) is 4.71. The molecule has 0 bridgehead atoms. The molecule has 2 nitrogen and oxygen atoms in total. The van der Waals surface area contributed by atoms with Gasteiger partial charge in [0, 0.05) is 11.8 Å². The highest BCUT2D eigenvalue weighted by Gasteiger charge is 2.44. The lowest BCUT2D eigenvalue weighted by Crippen LogP contribution is -2.26. The fraction of sp³-hybridized carbons (Fsp3) is 0.471. The molecule has 2 aliphatic carbocycles. The van der Waals surface area contributed by atoms with E-state index in [9.17, 15) is 9.18 Å². The maximum Gasteiger partial charge on any atom is 0.156 e. The van der Waals surface area contributed by atoms with Gasteiger partial charge >= 0.3 is 0 Å². The molecule has 112 valence electrons. The number of alkyl halides is 1. The predicted octanol–water partition coefficient (Wildman–Crippen LogP) is 4.39. The Balaban J connectivity index is 2.09. The molecule has 0 radical (unpaired) electrons. The van der Waals surface area contributed by atoms with Crippen molar-refractivity contribution >= 4 is 23.0 Å². The Labute approximate surface area is 128 Å². The standard InChI is InChI=1S/C17H18ClFO2/c1-21-16-7-11-10-17(4-2-6-19)5-3-12(20)8-14(17)13(11)9-15(16)18/h7-9H,2-6,10H2,1H3/t17-/m0/s1. The number of hydrogen-bond acceptors (Lipinski definition) is 2. The van der Waals surface area contributed by atoms with Crippen molar-refractivity contribution in [3.8, 4) is 5.75 Å². The smallest absolute Gasteiger partial charge is 0.156 e. The number of rotatable bonds is 4. The second-order valence-electron chi connectivity index (χ2n) is 5.92. The molecule has 1 aromatic rings. The number of allylic oxidation sites excluding steroid dienone is 2. The van der Waals surface area contributed by atoms with Gasteiger partial charge in [0.1, 0.15) is 5.75 Å². The second-order valence-corrected chi connectivity index (χ2v) is 6.33. The summed E-state index contributed by atoms with van der Waals surface area (Å²) in [6, 6.07) is 3.84. The van der Waals surface area contributed by atoms with Crippen molar-refractivity contribution in [2.45, 2.75) is 32.1 Å². The zero-order valence-electron chi connectivity index (χ0n) is 12.0. The van der Waals surface area contributed by atoms with E-state index in [-0.39, 0.29) is 17.9 Å². The van der Waals surface area contributed by atoms with Crippen molar-refractivity contribution < 1.29 is 13.9 Å². The van der Waals surface area contributed by atoms with E-state index >= 15 is 0 Å². The van der Waals surface area contributed by atoms with Crippen LogP contribution in [0.3, 0.4) is 0 Å². The maximum atomic E-state index is 12.7. The van der Waals surface area contributed by atoms with Crippen LogP contribution in [0.25, 0.3) is 5.57 Å². The average molecular weight is 309 g/mol. The van der Waals surface area contributed by atoms with Crippen molar-refractivity contribution in [2.75, 3.05) is 13.8 Å². The van der Waals surface area contributed by atoms with Gasteiger partial charge in [-0.25, -0.2) is 0 Å². The topological polar surface area (TPSA) is 26.3 Å². The number of carbonyl (C=O) groups excluding carboxylic acids is 1. The van der Waals surface area contributed by atoms with Gasteiger partial charge in [0.25, 0.3) is 0 Å². The van der Waals surface area contributed by atoms with E-state index < -0.39 is 0 Å². The first-order valence-electron chi connectivity index (χ1n) is 7.27. The van der Waals surface area contributed by atoms with Crippen LogP contribution >= 0.6 is 11.6 Å². The quantitative estimate of drug-likeness (QED) is 0.824. The summed E-state index contributed by atoms with van der Waals surface area (Å²) in [6.07, 6.45) is 5.24. The fourth-order valence-corrected chi connectivity index (χ4v) is 3.94. The summed E-state index contributed by atoms with van der Waals surface area (Å²) >= 11 is 6.23. The maximum absolute atomic E-state index is 12.7. The Bertz CT molecular complexity index is 623. The summed E-state index contributed by atoms with van der Waals surface area (Å²) in [5.41, 5.74) is 3.13. The number of methoxy groups -OCH3 is 1.